The summed E-state index contributed by atoms with van der Waals surface area (Å²) in [5.41, 5.74) is -0.426. The van der Waals surface area contributed by atoms with Crippen LogP contribution < -0.4 is 5.32 Å². The molecule has 1 amide bonds. The van der Waals surface area contributed by atoms with E-state index in [0.29, 0.717) is 5.02 Å². The van der Waals surface area contributed by atoms with E-state index in [0.717, 1.165) is 24.3 Å². The number of hydrogen-bond donors (Lipinski definition) is 1. The van der Waals surface area contributed by atoms with Crippen molar-refractivity contribution >= 4 is 40.9 Å². The quantitative estimate of drug-likeness (QED) is 0.636. The Morgan fingerprint density at radius 2 is 1.91 bits per heavy atom. The van der Waals surface area contributed by atoms with Gasteiger partial charge in [0, 0.05) is 10.6 Å². The van der Waals surface area contributed by atoms with E-state index in [9.17, 15) is 13.6 Å². The lowest BCUT2D eigenvalue weighted by atomic mass is 10.1. The lowest BCUT2D eigenvalue weighted by Gasteiger charge is -2.07. The molecule has 0 atom stereocenters. The van der Waals surface area contributed by atoms with Gasteiger partial charge in [-0.1, -0.05) is 23.2 Å². The minimum absolute atomic E-state index is 0.199. The van der Waals surface area contributed by atoms with Gasteiger partial charge in [-0.2, -0.15) is 5.26 Å². The number of carbonyl (C=O) groups is 1. The van der Waals surface area contributed by atoms with Gasteiger partial charge in [0.05, 0.1) is 10.7 Å². The zero-order chi connectivity index (χ0) is 17.0. The second-order valence-corrected chi connectivity index (χ2v) is 5.26. The summed E-state index contributed by atoms with van der Waals surface area (Å²) >= 11 is 11.7. The van der Waals surface area contributed by atoms with Crippen molar-refractivity contribution in [1.29, 1.82) is 5.26 Å². The van der Waals surface area contributed by atoms with Crippen molar-refractivity contribution in [3.63, 3.8) is 0 Å². The number of nitrogens with one attached hydrogen (secondary N) is 1. The molecular formula is C16H8Cl2F2N2O. The number of hydrogen-bond acceptors (Lipinski definition) is 2. The molecule has 0 spiro atoms. The standard InChI is InChI=1S/C16H8Cl2F2N2O/c17-11-1-3-13(18)15(7-11)22-16(23)10(8-21)5-9-6-12(19)2-4-14(9)20/h1-7H,(H,22,23)/b10-5-. The van der Waals surface area contributed by atoms with E-state index >= 15 is 0 Å². The summed E-state index contributed by atoms with van der Waals surface area (Å²) in [4.78, 5) is 12.1. The molecule has 1 N–H and O–H groups in total. The predicted octanol–water partition coefficient (Wildman–Crippen LogP) is 4.82. The van der Waals surface area contributed by atoms with Gasteiger partial charge in [0.15, 0.2) is 0 Å². The van der Waals surface area contributed by atoms with Gasteiger partial charge in [-0.15, -0.1) is 0 Å². The first-order valence-corrected chi connectivity index (χ1v) is 6.99. The second-order valence-electron chi connectivity index (χ2n) is 4.41. The lowest BCUT2D eigenvalue weighted by molar-refractivity contribution is -0.112. The molecule has 3 nitrogen and oxygen atoms in total. The molecule has 0 heterocycles. The molecule has 0 unspecified atom stereocenters. The summed E-state index contributed by atoms with van der Waals surface area (Å²) in [6.45, 7) is 0. The number of rotatable bonds is 3. The van der Waals surface area contributed by atoms with Crippen molar-refractivity contribution in [3.8, 4) is 6.07 Å². The average Bonchev–Trinajstić information content (AvgIpc) is 2.51. The summed E-state index contributed by atoms with van der Waals surface area (Å²) in [7, 11) is 0. The van der Waals surface area contributed by atoms with Crippen LogP contribution in [0, 0.1) is 23.0 Å². The molecular weight excluding hydrogens is 345 g/mol. The summed E-state index contributed by atoms with van der Waals surface area (Å²) in [6, 6.07) is 8.76. The van der Waals surface area contributed by atoms with Gasteiger partial charge >= 0.3 is 0 Å². The van der Waals surface area contributed by atoms with E-state index in [4.69, 9.17) is 28.5 Å². The normalized spacial score (nSPS) is 11.0. The number of nitriles is 1. The fourth-order valence-corrected chi connectivity index (χ4v) is 2.05. The van der Waals surface area contributed by atoms with Crippen LogP contribution in [-0.2, 0) is 4.79 Å². The zero-order valence-electron chi connectivity index (χ0n) is 11.4. The van der Waals surface area contributed by atoms with Crippen LogP contribution in [0.2, 0.25) is 10.0 Å². The van der Waals surface area contributed by atoms with Crippen molar-refractivity contribution < 1.29 is 13.6 Å². The molecule has 0 radical (unpaired) electrons. The molecule has 23 heavy (non-hydrogen) atoms. The van der Waals surface area contributed by atoms with Crippen LogP contribution in [-0.4, -0.2) is 5.91 Å². The van der Waals surface area contributed by atoms with Gasteiger partial charge in [-0.05, 0) is 42.5 Å². The first-order chi connectivity index (χ1) is 10.9. The summed E-state index contributed by atoms with van der Waals surface area (Å²) in [6.07, 6.45) is 0.951. The summed E-state index contributed by atoms with van der Waals surface area (Å²) in [5, 5.41) is 12.0. The Labute approximate surface area is 140 Å². The minimum atomic E-state index is -0.819. The number of halogens is 4. The molecule has 2 aromatic rings. The van der Waals surface area contributed by atoms with E-state index in [1.54, 1.807) is 6.07 Å². The monoisotopic (exact) mass is 352 g/mol. The SMILES string of the molecule is N#C/C(=C/c1cc(F)ccc1F)C(=O)Nc1cc(Cl)ccc1Cl. The van der Waals surface area contributed by atoms with E-state index in [1.165, 1.54) is 18.2 Å². The fourth-order valence-electron chi connectivity index (χ4n) is 1.71. The lowest BCUT2D eigenvalue weighted by Crippen LogP contribution is -2.13. The Bertz CT molecular complexity index is 844. The third-order valence-electron chi connectivity index (χ3n) is 2.80. The van der Waals surface area contributed by atoms with Gasteiger partial charge in [0.2, 0.25) is 0 Å². The maximum atomic E-state index is 13.6. The molecule has 0 saturated heterocycles. The first-order valence-electron chi connectivity index (χ1n) is 6.24. The highest BCUT2D eigenvalue weighted by atomic mass is 35.5. The van der Waals surface area contributed by atoms with Gasteiger partial charge in [-0.3, -0.25) is 4.79 Å². The minimum Gasteiger partial charge on any atom is -0.320 e. The van der Waals surface area contributed by atoms with Crippen LogP contribution in [0.3, 0.4) is 0 Å². The zero-order valence-corrected chi connectivity index (χ0v) is 12.9. The van der Waals surface area contributed by atoms with Crippen molar-refractivity contribution in [2.45, 2.75) is 0 Å². The average molecular weight is 353 g/mol. The second kappa shape index (κ2) is 7.23. The van der Waals surface area contributed by atoms with E-state index in [-0.39, 0.29) is 16.3 Å². The van der Waals surface area contributed by atoms with Gasteiger partial charge < -0.3 is 5.32 Å². The molecule has 0 fully saturated rings. The Kier molecular flexibility index (Phi) is 5.32. The Hall–Kier alpha value is -2.42. The Balaban J connectivity index is 2.32. The largest absolute Gasteiger partial charge is 0.320 e. The van der Waals surface area contributed by atoms with Crippen LogP contribution in [0.25, 0.3) is 6.08 Å². The van der Waals surface area contributed by atoms with Crippen LogP contribution in [0.1, 0.15) is 5.56 Å². The molecule has 0 aliphatic rings. The van der Waals surface area contributed by atoms with Crippen LogP contribution >= 0.6 is 23.2 Å². The fraction of sp³-hybridized carbons (Fsp3) is 0. The highest BCUT2D eigenvalue weighted by Crippen LogP contribution is 2.26. The molecule has 7 heteroatoms. The third kappa shape index (κ3) is 4.28. The van der Waals surface area contributed by atoms with Crippen molar-refractivity contribution in [2.24, 2.45) is 0 Å². The van der Waals surface area contributed by atoms with Gasteiger partial charge in [0.25, 0.3) is 5.91 Å². The molecule has 0 aliphatic heterocycles. The summed E-state index contributed by atoms with van der Waals surface area (Å²) in [5.74, 6) is -2.26. The highest BCUT2D eigenvalue weighted by molar-refractivity contribution is 6.36. The molecule has 116 valence electrons. The van der Waals surface area contributed by atoms with E-state index < -0.39 is 23.1 Å². The third-order valence-corrected chi connectivity index (χ3v) is 3.36. The number of carbonyl (C=O) groups excluding carboxylic acids is 1. The van der Waals surface area contributed by atoms with Crippen molar-refractivity contribution in [3.05, 3.63) is 69.2 Å². The maximum Gasteiger partial charge on any atom is 0.266 e. The van der Waals surface area contributed by atoms with Crippen LogP contribution in [0.15, 0.2) is 42.0 Å². The molecule has 2 aromatic carbocycles. The topological polar surface area (TPSA) is 52.9 Å². The van der Waals surface area contributed by atoms with Crippen molar-refractivity contribution in [1.82, 2.24) is 0 Å². The van der Waals surface area contributed by atoms with Gasteiger partial charge in [0.1, 0.15) is 23.3 Å². The maximum absolute atomic E-state index is 13.6. The first kappa shape index (κ1) is 16.9. The van der Waals surface area contributed by atoms with Crippen LogP contribution in [0.4, 0.5) is 14.5 Å². The highest BCUT2D eigenvalue weighted by Gasteiger charge is 2.13. The number of anilines is 1. The number of benzene rings is 2. The summed E-state index contributed by atoms with van der Waals surface area (Å²) < 4.78 is 26.7. The number of nitrogens with zero attached hydrogens (tertiary/aromatic N) is 1. The Morgan fingerprint density at radius 1 is 1.17 bits per heavy atom. The van der Waals surface area contributed by atoms with E-state index in [2.05, 4.69) is 5.32 Å². The molecule has 0 saturated carbocycles. The molecule has 0 bridgehead atoms. The molecule has 0 aromatic heterocycles. The van der Waals surface area contributed by atoms with Gasteiger partial charge in [-0.25, -0.2) is 8.78 Å². The van der Waals surface area contributed by atoms with E-state index in [1.807, 2.05) is 0 Å². The predicted molar refractivity (Wildman–Crippen MR) is 85.0 cm³/mol. The van der Waals surface area contributed by atoms with Crippen molar-refractivity contribution in [2.75, 3.05) is 5.32 Å². The Morgan fingerprint density at radius 3 is 2.61 bits per heavy atom. The number of amides is 1. The molecule has 2 rings (SSSR count). The smallest absolute Gasteiger partial charge is 0.266 e. The van der Waals surface area contributed by atoms with Crippen LogP contribution in [0.5, 0.6) is 0 Å². The molecule has 0 aliphatic carbocycles.